The SMILES string of the molecule is [N-]=[N+]=Nc1ccccc1[C@H]1OC(c2ccc(OCCCO)cc2)=N[C@@]1(CCS(=O)(=O)c1ccccc1)C(=O)NCCN1CCOCC1. The number of carbonyl (C=O) groups excluding carboxylic acids is 1. The van der Waals surface area contributed by atoms with Crippen molar-refractivity contribution in [3.63, 3.8) is 0 Å². The molecular formula is C33H38N6O7S. The number of azide groups is 1. The molecule has 14 heteroatoms. The molecule has 2 atom stereocenters. The highest BCUT2D eigenvalue weighted by molar-refractivity contribution is 7.91. The predicted molar refractivity (Wildman–Crippen MR) is 175 cm³/mol. The number of rotatable bonds is 15. The average Bonchev–Trinajstić information content (AvgIpc) is 3.50. The molecule has 0 saturated carbocycles. The second-order valence-electron chi connectivity index (χ2n) is 11.1. The van der Waals surface area contributed by atoms with Crippen molar-refractivity contribution in [3.8, 4) is 5.75 Å². The van der Waals surface area contributed by atoms with Crippen LogP contribution >= 0.6 is 0 Å². The Kier molecular flexibility index (Phi) is 11.5. The van der Waals surface area contributed by atoms with Crippen LogP contribution in [0.5, 0.6) is 5.75 Å². The van der Waals surface area contributed by atoms with Gasteiger partial charge in [-0.1, -0.05) is 47.6 Å². The van der Waals surface area contributed by atoms with E-state index in [0.717, 1.165) is 13.1 Å². The van der Waals surface area contributed by atoms with Gasteiger partial charge in [-0.2, -0.15) is 0 Å². The smallest absolute Gasteiger partial charge is 0.252 e. The molecule has 0 radical (unpaired) electrons. The van der Waals surface area contributed by atoms with Crippen LogP contribution in [0.15, 0.2) is 93.9 Å². The first-order valence-electron chi connectivity index (χ1n) is 15.5. The number of hydrogen-bond acceptors (Lipinski definition) is 10. The lowest BCUT2D eigenvalue weighted by Gasteiger charge is -2.32. The maximum Gasteiger partial charge on any atom is 0.252 e. The Bertz CT molecular complexity index is 1690. The van der Waals surface area contributed by atoms with E-state index in [0.29, 0.717) is 56.2 Å². The number of nitrogens with zero attached hydrogens (tertiary/aromatic N) is 5. The number of aliphatic hydroxyl groups excluding tert-OH is 1. The Hall–Kier alpha value is -4.46. The van der Waals surface area contributed by atoms with Gasteiger partial charge in [-0.05, 0) is 41.9 Å². The molecule has 0 spiro atoms. The number of morpholine rings is 1. The molecular weight excluding hydrogens is 624 g/mol. The van der Waals surface area contributed by atoms with E-state index in [1.807, 2.05) is 0 Å². The van der Waals surface area contributed by atoms with Gasteiger partial charge in [-0.15, -0.1) is 0 Å². The highest BCUT2D eigenvalue weighted by Crippen LogP contribution is 2.45. The number of hydrogen-bond donors (Lipinski definition) is 2. The summed E-state index contributed by atoms with van der Waals surface area (Å²) in [7, 11) is -3.83. The van der Waals surface area contributed by atoms with E-state index in [4.69, 9.17) is 24.3 Å². The largest absolute Gasteiger partial charge is 0.494 e. The summed E-state index contributed by atoms with van der Waals surface area (Å²) < 4.78 is 44.7. The van der Waals surface area contributed by atoms with Crippen LogP contribution in [0, 0.1) is 0 Å². The van der Waals surface area contributed by atoms with Crippen molar-refractivity contribution in [2.24, 2.45) is 10.1 Å². The third-order valence-corrected chi connectivity index (χ3v) is 9.81. The second-order valence-corrected chi connectivity index (χ2v) is 13.2. The van der Waals surface area contributed by atoms with Gasteiger partial charge in [0.2, 0.25) is 5.90 Å². The molecule has 0 aliphatic carbocycles. The van der Waals surface area contributed by atoms with E-state index in [2.05, 4.69) is 20.2 Å². The minimum atomic E-state index is -3.83. The molecule has 47 heavy (non-hydrogen) atoms. The highest BCUT2D eigenvalue weighted by atomic mass is 32.2. The predicted octanol–water partition coefficient (Wildman–Crippen LogP) is 3.96. The van der Waals surface area contributed by atoms with Crippen molar-refractivity contribution < 1.29 is 32.5 Å². The molecule has 1 amide bonds. The van der Waals surface area contributed by atoms with Crippen LogP contribution in [-0.4, -0.2) is 94.1 Å². The molecule has 1 saturated heterocycles. The van der Waals surface area contributed by atoms with E-state index in [1.54, 1.807) is 66.7 Å². The lowest BCUT2D eigenvalue weighted by Crippen LogP contribution is -2.51. The Morgan fingerprint density at radius 2 is 1.81 bits per heavy atom. The second kappa shape index (κ2) is 15.9. The summed E-state index contributed by atoms with van der Waals surface area (Å²) in [4.78, 5) is 24.6. The van der Waals surface area contributed by atoms with Crippen LogP contribution in [-0.2, 0) is 24.1 Å². The van der Waals surface area contributed by atoms with Crippen LogP contribution in [0.3, 0.4) is 0 Å². The first kappa shape index (κ1) is 33.9. The van der Waals surface area contributed by atoms with Gasteiger partial charge in [-0.3, -0.25) is 9.69 Å². The third kappa shape index (κ3) is 8.28. The van der Waals surface area contributed by atoms with Crippen molar-refractivity contribution in [1.29, 1.82) is 0 Å². The fourth-order valence-corrected chi connectivity index (χ4v) is 6.92. The van der Waals surface area contributed by atoms with Crippen LogP contribution in [0.25, 0.3) is 10.4 Å². The van der Waals surface area contributed by atoms with E-state index in [9.17, 15) is 18.7 Å². The lowest BCUT2D eigenvalue weighted by atomic mass is 9.84. The van der Waals surface area contributed by atoms with Gasteiger partial charge in [0.1, 0.15) is 5.75 Å². The summed E-state index contributed by atoms with van der Waals surface area (Å²) in [5.74, 6) is -0.194. The number of ether oxygens (including phenoxy) is 3. The van der Waals surface area contributed by atoms with Gasteiger partial charge < -0.3 is 24.6 Å². The maximum absolute atomic E-state index is 14.4. The molecule has 248 valence electrons. The number of carbonyl (C=O) groups is 1. The van der Waals surface area contributed by atoms with Gasteiger partial charge in [-0.25, -0.2) is 13.4 Å². The third-order valence-electron chi connectivity index (χ3n) is 8.07. The topological polar surface area (TPSA) is 176 Å². The molecule has 2 aliphatic heterocycles. The average molecular weight is 663 g/mol. The highest BCUT2D eigenvalue weighted by Gasteiger charge is 2.54. The summed E-state index contributed by atoms with van der Waals surface area (Å²) in [6, 6.07) is 21.7. The monoisotopic (exact) mass is 662 g/mol. The van der Waals surface area contributed by atoms with Crippen molar-refractivity contribution in [3.05, 3.63) is 100 Å². The molecule has 0 unspecified atom stereocenters. The quantitative estimate of drug-likeness (QED) is 0.106. The van der Waals surface area contributed by atoms with Gasteiger partial charge in [0.05, 0.1) is 30.5 Å². The Balaban J connectivity index is 1.54. The molecule has 0 aromatic heterocycles. The Morgan fingerprint density at radius 3 is 2.53 bits per heavy atom. The normalized spacial score (nSPS) is 19.7. The Morgan fingerprint density at radius 1 is 1.09 bits per heavy atom. The minimum Gasteiger partial charge on any atom is -0.494 e. The fraction of sp³-hybridized carbons (Fsp3) is 0.394. The maximum atomic E-state index is 14.4. The zero-order valence-electron chi connectivity index (χ0n) is 25.9. The zero-order chi connectivity index (χ0) is 33.1. The van der Waals surface area contributed by atoms with Gasteiger partial charge in [0, 0.05) is 67.4 Å². The molecule has 1 fully saturated rings. The number of benzene rings is 3. The molecule has 3 aromatic rings. The van der Waals surface area contributed by atoms with Gasteiger partial charge in [0.15, 0.2) is 21.5 Å². The standard InChI is InChI=1S/C33H38N6O7S/c34-38-37-29-10-5-4-9-28(29)30-33(15-24-47(42,43)27-7-2-1-3-8-27,32(41)35-16-17-39-18-22-44-23-19-39)36-31(46-30)25-11-13-26(14-12-25)45-21-6-20-40/h1-5,7-14,30,40H,6,15-24H2,(H,35,41)/t30-,33-/m1/s1. The summed E-state index contributed by atoms with van der Waals surface area (Å²) in [6.07, 6.45) is -0.845. The first-order valence-corrected chi connectivity index (χ1v) is 17.1. The van der Waals surface area contributed by atoms with Crippen molar-refractivity contribution >= 4 is 27.3 Å². The van der Waals surface area contributed by atoms with Crippen LogP contribution in [0.4, 0.5) is 5.69 Å². The first-order chi connectivity index (χ1) is 22.9. The van der Waals surface area contributed by atoms with Crippen LogP contribution in [0.2, 0.25) is 0 Å². The van der Waals surface area contributed by atoms with E-state index in [-0.39, 0.29) is 29.5 Å². The van der Waals surface area contributed by atoms with Gasteiger partial charge in [0.25, 0.3) is 5.91 Å². The summed E-state index contributed by atoms with van der Waals surface area (Å²) in [5, 5.41) is 15.9. The summed E-state index contributed by atoms with van der Waals surface area (Å²) in [5.41, 5.74) is 8.76. The van der Waals surface area contributed by atoms with Crippen molar-refractivity contribution in [1.82, 2.24) is 10.2 Å². The molecule has 2 aliphatic rings. The molecule has 2 heterocycles. The van der Waals surface area contributed by atoms with Crippen LogP contribution < -0.4 is 10.1 Å². The van der Waals surface area contributed by atoms with E-state index < -0.39 is 33.1 Å². The van der Waals surface area contributed by atoms with Gasteiger partial charge >= 0.3 is 0 Å². The number of aliphatic imine (C=N–C) groups is 1. The van der Waals surface area contributed by atoms with Crippen molar-refractivity contribution in [2.45, 2.75) is 29.4 Å². The van der Waals surface area contributed by atoms with Crippen molar-refractivity contribution in [2.75, 3.05) is 58.4 Å². The minimum absolute atomic E-state index is 0.0119. The number of nitrogens with one attached hydrogen (secondary N) is 1. The lowest BCUT2D eigenvalue weighted by molar-refractivity contribution is -0.129. The molecule has 13 nitrogen and oxygen atoms in total. The van der Waals surface area contributed by atoms with E-state index >= 15 is 0 Å². The van der Waals surface area contributed by atoms with E-state index in [1.165, 1.54) is 12.1 Å². The number of sulfone groups is 1. The molecule has 2 N–H and O–H groups in total. The van der Waals surface area contributed by atoms with Crippen LogP contribution in [0.1, 0.15) is 30.1 Å². The zero-order valence-corrected chi connectivity index (χ0v) is 26.7. The molecule has 3 aromatic carbocycles. The molecule has 5 rings (SSSR count). The summed E-state index contributed by atoms with van der Waals surface area (Å²) >= 11 is 0. The molecule has 0 bridgehead atoms. The Labute approximate surface area is 273 Å². The summed E-state index contributed by atoms with van der Waals surface area (Å²) in [6.45, 7) is 3.92. The number of aliphatic hydroxyl groups is 1. The fourth-order valence-electron chi connectivity index (χ4n) is 5.54. The number of amides is 1.